The lowest BCUT2D eigenvalue weighted by Crippen LogP contribution is -1.94. The number of benzene rings is 1. The highest BCUT2D eigenvalue weighted by molar-refractivity contribution is 7.98. The van der Waals surface area contributed by atoms with E-state index in [1.165, 1.54) is 6.07 Å². The van der Waals surface area contributed by atoms with Crippen LogP contribution in [0.3, 0.4) is 0 Å². The van der Waals surface area contributed by atoms with Crippen LogP contribution in [0.15, 0.2) is 17.0 Å². The minimum absolute atomic E-state index is 0.206. The van der Waals surface area contributed by atoms with Crippen molar-refractivity contribution in [2.45, 2.75) is 24.7 Å². The van der Waals surface area contributed by atoms with Gasteiger partial charge in [0, 0.05) is 11.3 Å². The van der Waals surface area contributed by atoms with E-state index in [1.54, 1.807) is 11.8 Å². The van der Waals surface area contributed by atoms with Crippen molar-refractivity contribution in [1.82, 2.24) is 0 Å². The van der Waals surface area contributed by atoms with Gasteiger partial charge in [-0.1, -0.05) is 0 Å². The summed E-state index contributed by atoms with van der Waals surface area (Å²) in [5.74, 6) is -0.206. The molecule has 0 unspecified atom stereocenters. The standard InChI is InChI=1S/C11H13FOS/c1-8-6-10(12)9(4-3-5-13)7-11(8)14-2/h5-7H,3-4H2,1-2H3. The average molecular weight is 212 g/mol. The van der Waals surface area contributed by atoms with Gasteiger partial charge in [0.1, 0.15) is 12.1 Å². The molecule has 0 saturated heterocycles. The molecule has 0 bridgehead atoms. The van der Waals surface area contributed by atoms with Gasteiger partial charge >= 0.3 is 0 Å². The van der Waals surface area contributed by atoms with Crippen LogP contribution in [0.25, 0.3) is 0 Å². The predicted octanol–water partition coefficient (Wildman–Crippen LogP) is 2.99. The van der Waals surface area contributed by atoms with E-state index in [1.807, 2.05) is 19.2 Å². The van der Waals surface area contributed by atoms with Crippen molar-refractivity contribution in [3.05, 3.63) is 29.1 Å². The van der Waals surface area contributed by atoms with Gasteiger partial charge in [-0.3, -0.25) is 0 Å². The minimum atomic E-state index is -0.206. The van der Waals surface area contributed by atoms with Gasteiger partial charge in [0.2, 0.25) is 0 Å². The molecule has 1 nitrogen and oxygen atoms in total. The predicted molar refractivity (Wildman–Crippen MR) is 57.3 cm³/mol. The summed E-state index contributed by atoms with van der Waals surface area (Å²) in [6.07, 6.45) is 3.65. The lowest BCUT2D eigenvalue weighted by atomic mass is 10.1. The Kier molecular flexibility index (Phi) is 4.14. The van der Waals surface area contributed by atoms with E-state index in [-0.39, 0.29) is 5.82 Å². The molecule has 0 atom stereocenters. The van der Waals surface area contributed by atoms with Gasteiger partial charge in [-0.2, -0.15) is 0 Å². The Labute approximate surface area is 87.7 Å². The third kappa shape index (κ3) is 2.58. The summed E-state index contributed by atoms with van der Waals surface area (Å²) in [4.78, 5) is 11.3. The highest BCUT2D eigenvalue weighted by Crippen LogP contribution is 2.23. The smallest absolute Gasteiger partial charge is 0.126 e. The molecule has 0 amide bonds. The molecule has 3 heteroatoms. The molecule has 1 rings (SSSR count). The zero-order chi connectivity index (χ0) is 10.6. The van der Waals surface area contributed by atoms with Crippen LogP contribution in [-0.4, -0.2) is 12.5 Å². The molecule has 76 valence electrons. The van der Waals surface area contributed by atoms with Crippen LogP contribution >= 0.6 is 11.8 Å². The van der Waals surface area contributed by atoms with Gasteiger partial charge in [0.25, 0.3) is 0 Å². The van der Waals surface area contributed by atoms with Gasteiger partial charge in [0.05, 0.1) is 0 Å². The molecular formula is C11H13FOS. The van der Waals surface area contributed by atoms with Crippen LogP contribution < -0.4 is 0 Å². The number of aldehydes is 1. The van der Waals surface area contributed by atoms with Crippen LogP contribution in [0, 0.1) is 12.7 Å². The normalized spacial score (nSPS) is 10.2. The fourth-order valence-corrected chi connectivity index (χ4v) is 1.96. The molecular weight excluding hydrogens is 199 g/mol. The second-order valence-corrected chi connectivity index (χ2v) is 3.97. The zero-order valence-electron chi connectivity index (χ0n) is 8.34. The van der Waals surface area contributed by atoms with Gasteiger partial charge in [-0.15, -0.1) is 11.8 Å². The van der Waals surface area contributed by atoms with E-state index in [9.17, 15) is 9.18 Å². The van der Waals surface area contributed by atoms with Crippen LogP contribution in [0.4, 0.5) is 4.39 Å². The van der Waals surface area contributed by atoms with Crippen LogP contribution in [0.2, 0.25) is 0 Å². The Morgan fingerprint density at radius 1 is 1.50 bits per heavy atom. The molecule has 0 heterocycles. The van der Waals surface area contributed by atoms with Crippen molar-refractivity contribution >= 4 is 18.0 Å². The summed E-state index contributed by atoms with van der Waals surface area (Å²) >= 11 is 1.60. The molecule has 1 aromatic rings. The first-order valence-electron chi connectivity index (χ1n) is 4.45. The lowest BCUT2D eigenvalue weighted by Gasteiger charge is -2.07. The SMILES string of the molecule is CSc1cc(CCC=O)c(F)cc1C. The highest BCUT2D eigenvalue weighted by Gasteiger charge is 2.06. The van der Waals surface area contributed by atoms with Gasteiger partial charge in [-0.05, 0) is 42.9 Å². The second-order valence-electron chi connectivity index (χ2n) is 3.12. The van der Waals surface area contributed by atoms with Crippen molar-refractivity contribution in [2.75, 3.05) is 6.26 Å². The third-order valence-electron chi connectivity index (χ3n) is 2.10. The first kappa shape index (κ1) is 11.2. The quantitative estimate of drug-likeness (QED) is 0.563. The van der Waals surface area contributed by atoms with E-state index >= 15 is 0 Å². The maximum Gasteiger partial charge on any atom is 0.126 e. The minimum Gasteiger partial charge on any atom is -0.303 e. The molecule has 0 radical (unpaired) electrons. The van der Waals surface area contributed by atoms with E-state index in [0.29, 0.717) is 18.4 Å². The first-order chi connectivity index (χ1) is 6.69. The fraction of sp³-hybridized carbons (Fsp3) is 0.364. The van der Waals surface area contributed by atoms with E-state index in [2.05, 4.69) is 0 Å². The van der Waals surface area contributed by atoms with Gasteiger partial charge in [0.15, 0.2) is 0 Å². The Morgan fingerprint density at radius 2 is 2.21 bits per heavy atom. The lowest BCUT2D eigenvalue weighted by molar-refractivity contribution is -0.107. The molecule has 0 fully saturated rings. The van der Waals surface area contributed by atoms with E-state index in [0.717, 1.165) is 16.7 Å². The molecule has 0 aliphatic rings. The fourth-order valence-electron chi connectivity index (χ4n) is 1.32. The Morgan fingerprint density at radius 3 is 2.79 bits per heavy atom. The maximum atomic E-state index is 13.4. The summed E-state index contributed by atoms with van der Waals surface area (Å²) in [6, 6.07) is 3.37. The van der Waals surface area contributed by atoms with E-state index < -0.39 is 0 Å². The monoisotopic (exact) mass is 212 g/mol. The molecule has 0 saturated carbocycles. The van der Waals surface area contributed by atoms with Crippen molar-refractivity contribution < 1.29 is 9.18 Å². The molecule has 0 aliphatic carbocycles. The molecule has 0 spiro atoms. The number of hydrogen-bond donors (Lipinski definition) is 0. The summed E-state index contributed by atoms with van der Waals surface area (Å²) in [5, 5.41) is 0. The Bertz CT molecular complexity index is 336. The van der Waals surface area contributed by atoms with Crippen molar-refractivity contribution in [1.29, 1.82) is 0 Å². The van der Waals surface area contributed by atoms with Crippen LogP contribution in [0.5, 0.6) is 0 Å². The summed E-state index contributed by atoms with van der Waals surface area (Å²) in [7, 11) is 0. The topological polar surface area (TPSA) is 17.1 Å². The van der Waals surface area contributed by atoms with Crippen LogP contribution in [0.1, 0.15) is 17.5 Å². The molecule has 1 aromatic carbocycles. The molecule has 0 aromatic heterocycles. The zero-order valence-corrected chi connectivity index (χ0v) is 9.16. The van der Waals surface area contributed by atoms with Gasteiger partial charge < -0.3 is 4.79 Å². The molecule has 0 N–H and O–H groups in total. The first-order valence-corrected chi connectivity index (χ1v) is 5.68. The largest absolute Gasteiger partial charge is 0.303 e. The summed E-state index contributed by atoms with van der Waals surface area (Å²) < 4.78 is 13.4. The Balaban J connectivity index is 2.98. The number of carbonyl (C=O) groups is 1. The number of thioether (sulfide) groups is 1. The number of hydrogen-bond acceptors (Lipinski definition) is 2. The summed E-state index contributed by atoms with van der Waals surface area (Å²) in [5.41, 5.74) is 1.58. The third-order valence-corrected chi connectivity index (χ3v) is 2.98. The van der Waals surface area contributed by atoms with E-state index in [4.69, 9.17) is 0 Å². The van der Waals surface area contributed by atoms with Crippen LogP contribution in [-0.2, 0) is 11.2 Å². The Hall–Kier alpha value is -0.830. The maximum absolute atomic E-state index is 13.4. The number of halogens is 1. The highest BCUT2D eigenvalue weighted by atomic mass is 32.2. The van der Waals surface area contributed by atoms with Crippen molar-refractivity contribution in [3.8, 4) is 0 Å². The van der Waals surface area contributed by atoms with Crippen molar-refractivity contribution in [2.24, 2.45) is 0 Å². The number of rotatable bonds is 4. The number of carbonyl (C=O) groups excluding carboxylic acids is 1. The molecule has 0 aliphatic heterocycles. The summed E-state index contributed by atoms with van der Waals surface area (Å²) in [6.45, 7) is 1.89. The van der Waals surface area contributed by atoms with Crippen molar-refractivity contribution in [3.63, 3.8) is 0 Å². The molecule has 14 heavy (non-hydrogen) atoms. The van der Waals surface area contributed by atoms with Gasteiger partial charge in [-0.25, -0.2) is 4.39 Å². The second kappa shape index (κ2) is 5.15. The average Bonchev–Trinajstić information content (AvgIpc) is 2.17. The number of aryl methyl sites for hydroxylation is 2.